The van der Waals surface area contributed by atoms with E-state index in [-0.39, 0.29) is 11.7 Å². The Balaban J connectivity index is 1.43. The smallest absolute Gasteiger partial charge is 0.254 e. The minimum Gasteiger partial charge on any atom is -0.366 e. The summed E-state index contributed by atoms with van der Waals surface area (Å²) in [6.07, 6.45) is 1.52. The maximum absolute atomic E-state index is 14.0. The third kappa shape index (κ3) is 4.18. The first-order chi connectivity index (χ1) is 14.1. The minimum absolute atomic E-state index is 0.128. The monoisotopic (exact) mass is 394 g/mol. The van der Waals surface area contributed by atoms with Gasteiger partial charge in [-0.05, 0) is 36.4 Å². The van der Waals surface area contributed by atoms with Gasteiger partial charge in [-0.3, -0.25) is 4.79 Å². The highest BCUT2D eigenvalue weighted by atomic mass is 19.1. The third-order valence-electron chi connectivity index (χ3n) is 4.90. The zero-order valence-corrected chi connectivity index (χ0v) is 15.7. The molecule has 4 rings (SSSR count). The van der Waals surface area contributed by atoms with Crippen molar-refractivity contribution in [3.63, 3.8) is 0 Å². The molecule has 0 bridgehead atoms. The molecular formula is C22H20F2N4O. The van der Waals surface area contributed by atoms with Gasteiger partial charge in [0.15, 0.2) is 0 Å². The number of nitrogens with zero attached hydrogens (tertiary/aromatic N) is 3. The quantitative estimate of drug-likeness (QED) is 0.725. The van der Waals surface area contributed by atoms with Crippen molar-refractivity contribution in [1.29, 1.82) is 0 Å². The number of nitrogens with one attached hydrogen (secondary N) is 1. The summed E-state index contributed by atoms with van der Waals surface area (Å²) in [6, 6.07) is 16.2. The molecule has 148 valence electrons. The van der Waals surface area contributed by atoms with Gasteiger partial charge in [-0.1, -0.05) is 24.3 Å². The van der Waals surface area contributed by atoms with Crippen LogP contribution in [0.4, 0.5) is 26.0 Å². The molecule has 2 aromatic carbocycles. The molecule has 0 aliphatic carbocycles. The van der Waals surface area contributed by atoms with Crippen molar-refractivity contribution < 1.29 is 13.6 Å². The molecule has 29 heavy (non-hydrogen) atoms. The van der Waals surface area contributed by atoms with Gasteiger partial charge >= 0.3 is 0 Å². The first-order valence-corrected chi connectivity index (χ1v) is 9.38. The fourth-order valence-corrected chi connectivity index (χ4v) is 3.37. The van der Waals surface area contributed by atoms with E-state index in [2.05, 4.69) is 10.3 Å². The molecule has 2 heterocycles. The van der Waals surface area contributed by atoms with E-state index in [1.807, 2.05) is 4.90 Å². The minimum atomic E-state index is -0.393. The van der Waals surface area contributed by atoms with E-state index in [1.54, 1.807) is 53.4 Å². The van der Waals surface area contributed by atoms with Gasteiger partial charge in [0.05, 0.1) is 11.4 Å². The number of halogens is 2. The molecule has 1 fully saturated rings. The summed E-state index contributed by atoms with van der Waals surface area (Å²) in [5.41, 5.74) is 1.32. The van der Waals surface area contributed by atoms with Crippen molar-refractivity contribution in [1.82, 2.24) is 9.88 Å². The van der Waals surface area contributed by atoms with Crippen molar-refractivity contribution in [2.75, 3.05) is 36.4 Å². The summed E-state index contributed by atoms with van der Waals surface area (Å²) in [4.78, 5) is 20.7. The SMILES string of the molecule is O=C(c1ccnc(Nc2ccccc2F)c1)N1CCN(c2ccccc2F)CC1. The molecule has 7 heteroatoms. The summed E-state index contributed by atoms with van der Waals surface area (Å²) in [7, 11) is 0. The number of amides is 1. The van der Waals surface area contributed by atoms with Crippen LogP contribution in [-0.4, -0.2) is 42.0 Å². The number of piperazine rings is 1. The van der Waals surface area contributed by atoms with E-state index in [0.717, 1.165) is 0 Å². The van der Waals surface area contributed by atoms with Crippen LogP contribution in [-0.2, 0) is 0 Å². The molecule has 0 unspecified atom stereocenters. The third-order valence-corrected chi connectivity index (χ3v) is 4.90. The highest BCUT2D eigenvalue weighted by molar-refractivity contribution is 5.95. The summed E-state index contributed by atoms with van der Waals surface area (Å²) in [5.74, 6) is -0.385. The van der Waals surface area contributed by atoms with Crippen LogP contribution < -0.4 is 10.2 Å². The normalized spacial score (nSPS) is 14.0. The number of hydrogen-bond acceptors (Lipinski definition) is 4. The summed E-state index contributed by atoms with van der Waals surface area (Å²) < 4.78 is 27.8. The molecule has 5 nitrogen and oxygen atoms in total. The first-order valence-electron chi connectivity index (χ1n) is 9.38. The van der Waals surface area contributed by atoms with Crippen molar-refractivity contribution in [2.24, 2.45) is 0 Å². The molecule has 1 aliphatic heterocycles. The van der Waals surface area contributed by atoms with Gasteiger partial charge < -0.3 is 15.1 Å². The molecule has 1 aliphatic rings. The van der Waals surface area contributed by atoms with Crippen LogP contribution in [0.5, 0.6) is 0 Å². The van der Waals surface area contributed by atoms with E-state index in [4.69, 9.17) is 0 Å². The van der Waals surface area contributed by atoms with Gasteiger partial charge in [-0.25, -0.2) is 13.8 Å². The van der Waals surface area contributed by atoms with Crippen LogP contribution >= 0.6 is 0 Å². The molecule has 1 amide bonds. The summed E-state index contributed by atoms with van der Waals surface area (Å²) in [6.45, 7) is 2.09. The molecule has 3 aromatic rings. The van der Waals surface area contributed by atoms with Crippen molar-refractivity contribution >= 4 is 23.1 Å². The summed E-state index contributed by atoms with van der Waals surface area (Å²) >= 11 is 0. The number of aromatic nitrogens is 1. The molecule has 0 atom stereocenters. The lowest BCUT2D eigenvalue weighted by molar-refractivity contribution is 0.0746. The van der Waals surface area contributed by atoms with E-state index in [0.29, 0.717) is 48.9 Å². The number of rotatable bonds is 4. The van der Waals surface area contributed by atoms with Crippen molar-refractivity contribution in [3.8, 4) is 0 Å². The predicted octanol–water partition coefficient (Wildman–Crippen LogP) is 4.07. The van der Waals surface area contributed by atoms with Crippen LogP contribution in [0.1, 0.15) is 10.4 Å². The van der Waals surface area contributed by atoms with E-state index in [9.17, 15) is 13.6 Å². The predicted molar refractivity (Wildman–Crippen MR) is 108 cm³/mol. The highest BCUT2D eigenvalue weighted by Gasteiger charge is 2.23. The number of carbonyl (C=O) groups excluding carboxylic acids is 1. The number of benzene rings is 2. The van der Waals surface area contributed by atoms with Gasteiger partial charge in [0.1, 0.15) is 17.5 Å². The van der Waals surface area contributed by atoms with Gasteiger partial charge in [-0.2, -0.15) is 0 Å². The van der Waals surface area contributed by atoms with Crippen molar-refractivity contribution in [2.45, 2.75) is 0 Å². The maximum Gasteiger partial charge on any atom is 0.254 e. The fraction of sp³-hybridized carbons (Fsp3) is 0.182. The Morgan fingerprint density at radius 1 is 0.897 bits per heavy atom. The second kappa shape index (κ2) is 8.26. The molecule has 0 saturated carbocycles. The average Bonchev–Trinajstić information content (AvgIpc) is 2.76. The van der Waals surface area contributed by atoms with Gasteiger partial charge in [0, 0.05) is 37.9 Å². The van der Waals surface area contributed by atoms with Gasteiger partial charge in [-0.15, -0.1) is 0 Å². The Morgan fingerprint density at radius 2 is 1.59 bits per heavy atom. The standard InChI is InChI=1S/C22H20F2N4O/c23-17-5-1-3-7-19(17)26-21-15-16(9-10-25-21)22(29)28-13-11-27(12-14-28)20-8-4-2-6-18(20)24/h1-10,15H,11-14H2,(H,25,26). The second-order valence-corrected chi connectivity index (χ2v) is 6.77. The Kier molecular flexibility index (Phi) is 5.37. The zero-order valence-electron chi connectivity index (χ0n) is 15.7. The topological polar surface area (TPSA) is 48.5 Å². The fourth-order valence-electron chi connectivity index (χ4n) is 3.37. The number of hydrogen-bond donors (Lipinski definition) is 1. The molecule has 0 spiro atoms. The van der Waals surface area contributed by atoms with Crippen LogP contribution in [0, 0.1) is 11.6 Å². The number of para-hydroxylation sites is 2. The Morgan fingerprint density at radius 3 is 2.31 bits per heavy atom. The first kappa shape index (κ1) is 18.9. The zero-order chi connectivity index (χ0) is 20.2. The number of pyridine rings is 1. The Bertz CT molecular complexity index is 1020. The lowest BCUT2D eigenvalue weighted by Crippen LogP contribution is -2.49. The van der Waals surface area contributed by atoms with Crippen LogP contribution in [0.3, 0.4) is 0 Å². The molecule has 1 aromatic heterocycles. The lowest BCUT2D eigenvalue weighted by Gasteiger charge is -2.36. The molecule has 1 saturated heterocycles. The van der Waals surface area contributed by atoms with E-state index < -0.39 is 5.82 Å². The van der Waals surface area contributed by atoms with E-state index >= 15 is 0 Å². The number of carbonyl (C=O) groups is 1. The second-order valence-electron chi connectivity index (χ2n) is 6.77. The molecule has 1 N–H and O–H groups in total. The molecule has 0 radical (unpaired) electrons. The van der Waals surface area contributed by atoms with Crippen LogP contribution in [0.25, 0.3) is 0 Å². The average molecular weight is 394 g/mol. The Hall–Kier alpha value is -3.48. The highest BCUT2D eigenvalue weighted by Crippen LogP contribution is 2.22. The number of anilines is 3. The van der Waals surface area contributed by atoms with Gasteiger partial charge in [0.2, 0.25) is 0 Å². The van der Waals surface area contributed by atoms with Crippen LogP contribution in [0.2, 0.25) is 0 Å². The van der Waals surface area contributed by atoms with Crippen LogP contribution in [0.15, 0.2) is 66.9 Å². The van der Waals surface area contributed by atoms with Gasteiger partial charge in [0.25, 0.3) is 5.91 Å². The molecular weight excluding hydrogens is 374 g/mol. The maximum atomic E-state index is 14.0. The van der Waals surface area contributed by atoms with Crippen molar-refractivity contribution in [3.05, 3.63) is 84.1 Å². The summed E-state index contributed by atoms with van der Waals surface area (Å²) in [5, 5.41) is 2.90. The van der Waals surface area contributed by atoms with E-state index in [1.165, 1.54) is 18.3 Å². The lowest BCUT2D eigenvalue weighted by atomic mass is 10.2. The largest absolute Gasteiger partial charge is 0.366 e. The Labute approximate surface area is 167 Å².